The molecule has 6 nitrogen and oxygen atoms in total. The maximum absolute atomic E-state index is 6.05. The summed E-state index contributed by atoms with van der Waals surface area (Å²) in [6.45, 7) is 5.56. The summed E-state index contributed by atoms with van der Waals surface area (Å²) in [5.74, 6) is 0.871. The zero-order valence-corrected chi connectivity index (χ0v) is 16.2. The van der Waals surface area contributed by atoms with Gasteiger partial charge in [0, 0.05) is 30.3 Å². The Bertz CT molecular complexity index is 793. The fourth-order valence-electron chi connectivity index (χ4n) is 3.43. The van der Waals surface area contributed by atoms with E-state index in [1.54, 1.807) is 0 Å². The van der Waals surface area contributed by atoms with Crippen molar-refractivity contribution in [3.05, 3.63) is 34.1 Å². The number of nitrogens with zero attached hydrogens (tertiary/aromatic N) is 4. The molecule has 0 aliphatic carbocycles. The van der Waals surface area contributed by atoms with Crippen LogP contribution in [0.5, 0.6) is 0 Å². The monoisotopic (exact) mass is 394 g/mol. The van der Waals surface area contributed by atoms with Crippen LogP contribution in [0.3, 0.4) is 0 Å². The van der Waals surface area contributed by atoms with Gasteiger partial charge in [0.15, 0.2) is 10.6 Å². The van der Waals surface area contributed by atoms with Crippen molar-refractivity contribution >= 4 is 23.8 Å². The van der Waals surface area contributed by atoms with E-state index < -0.39 is 0 Å². The van der Waals surface area contributed by atoms with Gasteiger partial charge in [-0.3, -0.25) is 9.47 Å². The molecule has 2 saturated heterocycles. The van der Waals surface area contributed by atoms with Gasteiger partial charge in [0.25, 0.3) is 0 Å². The van der Waals surface area contributed by atoms with Crippen molar-refractivity contribution in [1.29, 1.82) is 0 Å². The van der Waals surface area contributed by atoms with Gasteiger partial charge >= 0.3 is 0 Å². The zero-order chi connectivity index (χ0) is 17.9. The van der Waals surface area contributed by atoms with Crippen molar-refractivity contribution < 1.29 is 9.47 Å². The first kappa shape index (κ1) is 18.1. The van der Waals surface area contributed by atoms with Crippen molar-refractivity contribution in [1.82, 2.24) is 19.2 Å². The highest BCUT2D eigenvalue weighted by Crippen LogP contribution is 2.23. The van der Waals surface area contributed by atoms with Crippen molar-refractivity contribution in [2.75, 3.05) is 32.9 Å². The second kappa shape index (κ2) is 8.19. The van der Waals surface area contributed by atoms with Gasteiger partial charge < -0.3 is 9.47 Å². The first-order valence-corrected chi connectivity index (χ1v) is 9.84. The van der Waals surface area contributed by atoms with Gasteiger partial charge in [-0.1, -0.05) is 11.6 Å². The van der Waals surface area contributed by atoms with E-state index in [1.807, 2.05) is 28.9 Å². The molecule has 0 unspecified atom stereocenters. The molecule has 0 N–H and O–H groups in total. The molecule has 1 aromatic heterocycles. The fourth-order valence-corrected chi connectivity index (χ4v) is 3.82. The Kier molecular flexibility index (Phi) is 5.71. The molecule has 3 heterocycles. The molecule has 0 spiro atoms. The highest BCUT2D eigenvalue weighted by molar-refractivity contribution is 7.71. The van der Waals surface area contributed by atoms with Crippen LogP contribution in [-0.4, -0.2) is 58.3 Å². The maximum Gasteiger partial charge on any atom is 0.199 e. The number of benzene rings is 1. The number of halogens is 1. The van der Waals surface area contributed by atoms with Crippen LogP contribution in [0, 0.1) is 4.77 Å². The average molecular weight is 395 g/mol. The van der Waals surface area contributed by atoms with E-state index in [2.05, 4.69) is 9.47 Å². The third kappa shape index (κ3) is 4.02. The molecule has 0 radical (unpaired) electrons. The lowest BCUT2D eigenvalue weighted by Crippen LogP contribution is -2.37. The highest BCUT2D eigenvalue weighted by Gasteiger charge is 2.21. The van der Waals surface area contributed by atoms with Crippen molar-refractivity contribution in [2.24, 2.45) is 0 Å². The van der Waals surface area contributed by atoms with Crippen LogP contribution < -0.4 is 0 Å². The van der Waals surface area contributed by atoms with Crippen LogP contribution in [0.25, 0.3) is 11.4 Å². The predicted octanol–water partition coefficient (Wildman–Crippen LogP) is 3.20. The van der Waals surface area contributed by atoms with Crippen LogP contribution >= 0.6 is 23.8 Å². The molecule has 1 aromatic carbocycles. The molecule has 26 heavy (non-hydrogen) atoms. The van der Waals surface area contributed by atoms with Gasteiger partial charge in [-0.2, -0.15) is 5.10 Å². The van der Waals surface area contributed by atoms with E-state index in [4.69, 9.17) is 38.4 Å². The van der Waals surface area contributed by atoms with E-state index in [0.29, 0.717) is 11.7 Å². The number of hydrogen-bond donors (Lipinski definition) is 0. The molecule has 2 aromatic rings. The minimum atomic E-state index is 0.203. The minimum absolute atomic E-state index is 0.203. The fraction of sp³-hybridized carbons (Fsp3) is 0.556. The average Bonchev–Trinajstić information content (AvgIpc) is 3.27. The van der Waals surface area contributed by atoms with Gasteiger partial charge in [0.05, 0.1) is 32.5 Å². The van der Waals surface area contributed by atoms with E-state index in [0.717, 1.165) is 68.5 Å². The third-order valence-corrected chi connectivity index (χ3v) is 5.56. The summed E-state index contributed by atoms with van der Waals surface area (Å²) in [4.78, 5) is 2.31. The quantitative estimate of drug-likeness (QED) is 0.728. The van der Waals surface area contributed by atoms with Gasteiger partial charge in [-0.15, -0.1) is 0 Å². The summed E-state index contributed by atoms with van der Waals surface area (Å²) >= 11 is 11.8. The Morgan fingerprint density at radius 3 is 2.62 bits per heavy atom. The predicted molar refractivity (Wildman–Crippen MR) is 103 cm³/mol. The largest absolute Gasteiger partial charge is 0.379 e. The molecule has 1 atom stereocenters. The number of morpholine rings is 1. The number of hydrogen-bond acceptors (Lipinski definition) is 5. The second-order valence-corrected chi connectivity index (χ2v) is 7.53. The van der Waals surface area contributed by atoms with Crippen molar-refractivity contribution in [3.8, 4) is 11.4 Å². The van der Waals surface area contributed by atoms with E-state index in [-0.39, 0.29) is 6.10 Å². The standard InChI is InChI=1S/C18H23ClN4O2S/c19-15-5-3-14(4-6-15)17-20-23(13-21-7-10-24-11-8-21)18(26)22(17)12-16-2-1-9-25-16/h3-6,16H,1-2,7-13H2/t16-/m1/s1. The van der Waals surface area contributed by atoms with Crippen LogP contribution in [0.2, 0.25) is 5.02 Å². The lowest BCUT2D eigenvalue weighted by molar-refractivity contribution is 0.0209. The molecule has 2 aliphatic rings. The molecule has 0 bridgehead atoms. The smallest absolute Gasteiger partial charge is 0.199 e. The second-order valence-electron chi connectivity index (χ2n) is 6.73. The van der Waals surface area contributed by atoms with Crippen LogP contribution in [-0.2, 0) is 22.7 Å². The summed E-state index contributed by atoms with van der Waals surface area (Å²) in [7, 11) is 0. The molecule has 0 saturated carbocycles. The van der Waals surface area contributed by atoms with Crippen LogP contribution in [0.4, 0.5) is 0 Å². The van der Waals surface area contributed by atoms with Crippen LogP contribution in [0.1, 0.15) is 12.8 Å². The van der Waals surface area contributed by atoms with Gasteiger partial charge in [0.2, 0.25) is 0 Å². The molecule has 8 heteroatoms. The first-order valence-electron chi connectivity index (χ1n) is 9.06. The van der Waals surface area contributed by atoms with E-state index in [9.17, 15) is 0 Å². The Morgan fingerprint density at radius 1 is 1.15 bits per heavy atom. The Labute approximate surface area is 163 Å². The normalized spacial score (nSPS) is 21.3. The molecule has 140 valence electrons. The Balaban J connectivity index is 1.66. The molecule has 0 amide bonds. The Morgan fingerprint density at radius 2 is 1.92 bits per heavy atom. The number of rotatable bonds is 5. The van der Waals surface area contributed by atoms with Crippen molar-refractivity contribution in [3.63, 3.8) is 0 Å². The number of aromatic nitrogens is 3. The summed E-state index contributed by atoms with van der Waals surface area (Å²) in [6, 6.07) is 7.75. The molecule has 2 aliphatic heterocycles. The third-order valence-electron chi connectivity index (χ3n) is 4.87. The summed E-state index contributed by atoms with van der Waals surface area (Å²) in [5.41, 5.74) is 1.01. The summed E-state index contributed by atoms with van der Waals surface area (Å²) < 4.78 is 16.0. The van der Waals surface area contributed by atoms with Gasteiger partial charge in [-0.05, 0) is 49.3 Å². The molecular weight excluding hydrogens is 372 g/mol. The van der Waals surface area contributed by atoms with Crippen molar-refractivity contribution in [2.45, 2.75) is 32.2 Å². The molecule has 4 rings (SSSR count). The maximum atomic E-state index is 6.05. The van der Waals surface area contributed by atoms with E-state index in [1.165, 1.54) is 0 Å². The first-order chi connectivity index (χ1) is 12.7. The number of ether oxygens (including phenoxy) is 2. The summed E-state index contributed by atoms with van der Waals surface area (Å²) in [6.07, 6.45) is 2.38. The molecule has 2 fully saturated rings. The van der Waals surface area contributed by atoms with Gasteiger partial charge in [0.1, 0.15) is 0 Å². The van der Waals surface area contributed by atoms with Crippen LogP contribution in [0.15, 0.2) is 24.3 Å². The van der Waals surface area contributed by atoms with Gasteiger partial charge in [-0.25, -0.2) is 4.68 Å². The minimum Gasteiger partial charge on any atom is -0.379 e. The summed E-state index contributed by atoms with van der Waals surface area (Å²) in [5, 5.41) is 5.55. The van der Waals surface area contributed by atoms with E-state index >= 15 is 0 Å². The topological polar surface area (TPSA) is 44.5 Å². The highest BCUT2D eigenvalue weighted by atomic mass is 35.5. The Hall–Kier alpha value is -1.25. The zero-order valence-electron chi connectivity index (χ0n) is 14.6. The SMILES string of the molecule is S=c1n(CN2CCOCC2)nc(-c2ccc(Cl)cc2)n1C[C@H]1CCCO1. The lowest BCUT2D eigenvalue weighted by atomic mass is 10.2. The lowest BCUT2D eigenvalue weighted by Gasteiger charge is -2.26. The molecular formula is C18H23ClN4O2S.